The maximum Gasteiger partial charge on any atom is 0.0688 e. The molecule has 2 fully saturated rings. The zero-order chi connectivity index (χ0) is 13.9. The first-order valence-electron chi connectivity index (χ1n) is 8.51. The summed E-state index contributed by atoms with van der Waals surface area (Å²) in [5.74, 6) is 1.50. The minimum Gasteiger partial charge on any atom is -0.390 e. The van der Waals surface area contributed by atoms with Crippen molar-refractivity contribution in [2.24, 2.45) is 11.8 Å². The van der Waals surface area contributed by atoms with Crippen LogP contribution in [0.5, 0.6) is 0 Å². The van der Waals surface area contributed by atoms with E-state index in [-0.39, 0.29) is 5.60 Å². The second-order valence-corrected chi connectivity index (χ2v) is 7.21. The van der Waals surface area contributed by atoms with Gasteiger partial charge in [-0.05, 0) is 64.3 Å². The molecule has 0 bridgehead atoms. The molecule has 0 aromatic carbocycles. The number of hydrogen-bond acceptors (Lipinski definition) is 2. The van der Waals surface area contributed by atoms with E-state index in [9.17, 15) is 5.11 Å². The topological polar surface area (TPSA) is 23.5 Å². The molecule has 0 radical (unpaired) electrons. The van der Waals surface area contributed by atoms with Gasteiger partial charge >= 0.3 is 0 Å². The molecule has 1 aliphatic heterocycles. The molecule has 0 aromatic heterocycles. The lowest BCUT2D eigenvalue weighted by molar-refractivity contribution is -0.0498. The van der Waals surface area contributed by atoms with Gasteiger partial charge in [0, 0.05) is 12.6 Å². The fourth-order valence-corrected chi connectivity index (χ4v) is 4.19. The molecule has 2 nitrogen and oxygen atoms in total. The molecule has 2 rings (SSSR count). The summed E-state index contributed by atoms with van der Waals surface area (Å²) in [6, 6.07) is 0.623. The summed E-state index contributed by atoms with van der Waals surface area (Å²) >= 11 is 0. The van der Waals surface area contributed by atoms with Gasteiger partial charge in [0.05, 0.1) is 5.60 Å². The van der Waals surface area contributed by atoms with Gasteiger partial charge in [-0.3, -0.25) is 0 Å². The van der Waals surface area contributed by atoms with Crippen molar-refractivity contribution in [2.75, 3.05) is 13.1 Å². The van der Waals surface area contributed by atoms with E-state index in [0.717, 1.165) is 25.3 Å². The molecule has 1 unspecified atom stereocenters. The molecule has 1 saturated carbocycles. The Morgan fingerprint density at radius 3 is 2.37 bits per heavy atom. The van der Waals surface area contributed by atoms with Gasteiger partial charge in [0.1, 0.15) is 0 Å². The number of rotatable bonds is 3. The maximum atomic E-state index is 11.1. The van der Waals surface area contributed by atoms with Crippen molar-refractivity contribution < 1.29 is 5.11 Å². The van der Waals surface area contributed by atoms with Crippen LogP contribution in [0.15, 0.2) is 0 Å². The molecule has 0 aromatic rings. The average Bonchev–Trinajstić information content (AvgIpc) is 2.62. The second kappa shape index (κ2) is 6.58. The molecule has 1 aliphatic carbocycles. The lowest BCUT2D eigenvalue weighted by Gasteiger charge is -2.40. The number of hydrogen-bond donors (Lipinski definition) is 1. The summed E-state index contributed by atoms with van der Waals surface area (Å²) in [7, 11) is 0. The number of likely N-dealkylation sites (tertiary alicyclic amines) is 1. The number of aliphatic hydroxyl groups is 1. The van der Waals surface area contributed by atoms with Crippen molar-refractivity contribution in [3.05, 3.63) is 0 Å². The Labute approximate surface area is 119 Å². The van der Waals surface area contributed by atoms with E-state index in [1.165, 1.54) is 45.1 Å². The Bertz CT molecular complexity index is 270. The minimum atomic E-state index is -0.359. The highest BCUT2D eigenvalue weighted by atomic mass is 16.3. The average molecular weight is 267 g/mol. The highest BCUT2D eigenvalue weighted by molar-refractivity contribution is 4.92. The van der Waals surface area contributed by atoms with Gasteiger partial charge in [0.2, 0.25) is 0 Å². The van der Waals surface area contributed by atoms with Gasteiger partial charge in [-0.1, -0.05) is 26.2 Å². The van der Waals surface area contributed by atoms with Gasteiger partial charge in [0.15, 0.2) is 0 Å². The van der Waals surface area contributed by atoms with Gasteiger partial charge in [-0.25, -0.2) is 0 Å². The monoisotopic (exact) mass is 267 g/mol. The van der Waals surface area contributed by atoms with Crippen LogP contribution in [0.1, 0.15) is 72.1 Å². The van der Waals surface area contributed by atoms with E-state index in [2.05, 4.69) is 25.7 Å². The Morgan fingerprint density at radius 1 is 1.11 bits per heavy atom. The van der Waals surface area contributed by atoms with Crippen molar-refractivity contribution in [1.82, 2.24) is 4.90 Å². The molecule has 2 aliphatic rings. The first-order valence-corrected chi connectivity index (χ1v) is 8.51. The molecule has 19 heavy (non-hydrogen) atoms. The summed E-state index contributed by atoms with van der Waals surface area (Å²) in [6.07, 6.45) is 9.72. The maximum absolute atomic E-state index is 11.1. The molecule has 1 saturated heterocycles. The molecular weight excluding hydrogens is 234 g/mol. The summed E-state index contributed by atoms with van der Waals surface area (Å²) in [5.41, 5.74) is -0.359. The Balaban J connectivity index is 1.91. The third-order valence-corrected chi connectivity index (χ3v) is 5.80. The highest BCUT2D eigenvalue weighted by Crippen LogP contribution is 2.41. The molecular formula is C17H33NO. The Morgan fingerprint density at radius 2 is 1.79 bits per heavy atom. The zero-order valence-corrected chi connectivity index (χ0v) is 13.2. The summed E-state index contributed by atoms with van der Waals surface area (Å²) in [5, 5.41) is 11.1. The van der Waals surface area contributed by atoms with Crippen LogP contribution in [-0.4, -0.2) is 34.7 Å². The molecule has 1 atom stereocenters. The summed E-state index contributed by atoms with van der Waals surface area (Å²) in [4.78, 5) is 2.54. The molecule has 0 spiro atoms. The smallest absolute Gasteiger partial charge is 0.0688 e. The van der Waals surface area contributed by atoms with Gasteiger partial charge in [0.25, 0.3) is 0 Å². The highest BCUT2D eigenvalue weighted by Gasteiger charge is 2.39. The lowest BCUT2D eigenvalue weighted by atomic mass is 9.70. The molecule has 112 valence electrons. The van der Waals surface area contributed by atoms with Crippen molar-refractivity contribution in [1.29, 1.82) is 0 Å². The Kier molecular flexibility index (Phi) is 5.30. The second-order valence-electron chi connectivity index (χ2n) is 7.21. The summed E-state index contributed by atoms with van der Waals surface area (Å²) < 4.78 is 0. The first-order chi connectivity index (χ1) is 9.05. The predicted molar refractivity (Wildman–Crippen MR) is 81.2 cm³/mol. The van der Waals surface area contributed by atoms with Crippen LogP contribution in [0.2, 0.25) is 0 Å². The lowest BCUT2D eigenvalue weighted by Crippen LogP contribution is -2.41. The normalized spacial score (nSPS) is 38.4. The number of nitrogens with zero attached hydrogens (tertiary/aromatic N) is 1. The third kappa shape index (κ3) is 3.72. The Hall–Kier alpha value is -0.0800. The SMILES string of the molecule is CCC1CCC(C2(O)CCCN(C(C)C)CC2)CC1. The quantitative estimate of drug-likeness (QED) is 0.840. The van der Waals surface area contributed by atoms with Crippen LogP contribution >= 0.6 is 0 Å². The van der Waals surface area contributed by atoms with E-state index in [1.54, 1.807) is 0 Å². The third-order valence-electron chi connectivity index (χ3n) is 5.80. The fraction of sp³-hybridized carbons (Fsp3) is 1.00. The minimum absolute atomic E-state index is 0.359. The van der Waals surface area contributed by atoms with Crippen molar-refractivity contribution in [2.45, 2.75) is 83.8 Å². The predicted octanol–water partition coefficient (Wildman–Crippen LogP) is 3.83. The summed E-state index contributed by atoms with van der Waals surface area (Å²) in [6.45, 7) is 9.12. The standard InChI is InChI=1S/C17H33NO/c1-4-15-6-8-16(9-7-15)17(19)10-5-12-18(13-11-17)14(2)3/h14-16,19H,4-13H2,1-3H3. The zero-order valence-electron chi connectivity index (χ0n) is 13.2. The van der Waals surface area contributed by atoms with E-state index in [1.807, 2.05) is 0 Å². The molecule has 1 heterocycles. The fourth-order valence-electron chi connectivity index (χ4n) is 4.19. The molecule has 1 N–H and O–H groups in total. The van der Waals surface area contributed by atoms with Gasteiger partial charge in [-0.15, -0.1) is 0 Å². The van der Waals surface area contributed by atoms with Crippen LogP contribution in [0.4, 0.5) is 0 Å². The van der Waals surface area contributed by atoms with Crippen LogP contribution in [0.3, 0.4) is 0 Å². The van der Waals surface area contributed by atoms with E-state index in [4.69, 9.17) is 0 Å². The first kappa shape index (κ1) is 15.3. The molecule has 0 amide bonds. The van der Waals surface area contributed by atoms with Crippen LogP contribution in [0.25, 0.3) is 0 Å². The largest absolute Gasteiger partial charge is 0.390 e. The molecule has 2 heteroatoms. The van der Waals surface area contributed by atoms with E-state index in [0.29, 0.717) is 12.0 Å². The van der Waals surface area contributed by atoms with Gasteiger partial charge in [-0.2, -0.15) is 0 Å². The van der Waals surface area contributed by atoms with Crippen LogP contribution in [0, 0.1) is 11.8 Å². The van der Waals surface area contributed by atoms with Gasteiger partial charge < -0.3 is 10.0 Å². The van der Waals surface area contributed by atoms with Crippen LogP contribution in [-0.2, 0) is 0 Å². The van der Waals surface area contributed by atoms with E-state index < -0.39 is 0 Å². The van der Waals surface area contributed by atoms with Crippen molar-refractivity contribution in [3.8, 4) is 0 Å². The van der Waals surface area contributed by atoms with Crippen molar-refractivity contribution >= 4 is 0 Å². The van der Waals surface area contributed by atoms with Crippen molar-refractivity contribution in [3.63, 3.8) is 0 Å². The van der Waals surface area contributed by atoms with E-state index >= 15 is 0 Å². The van der Waals surface area contributed by atoms with Crippen LogP contribution < -0.4 is 0 Å².